The lowest BCUT2D eigenvalue weighted by Crippen LogP contribution is -2.28. The summed E-state index contributed by atoms with van der Waals surface area (Å²) in [4.78, 5) is 11.9. The second-order valence-corrected chi connectivity index (χ2v) is 5.59. The largest absolute Gasteiger partial charge is 0.493 e. The van der Waals surface area contributed by atoms with E-state index >= 15 is 0 Å². The van der Waals surface area contributed by atoms with Crippen LogP contribution < -0.4 is 20.1 Å². The van der Waals surface area contributed by atoms with E-state index in [1.165, 1.54) is 0 Å². The summed E-state index contributed by atoms with van der Waals surface area (Å²) in [6, 6.07) is 12.3. The van der Waals surface area contributed by atoms with Crippen molar-refractivity contribution in [3.8, 4) is 11.5 Å². The van der Waals surface area contributed by atoms with E-state index in [1.54, 1.807) is 31.4 Å². The van der Waals surface area contributed by atoms with E-state index in [9.17, 15) is 4.79 Å². The van der Waals surface area contributed by atoms with Gasteiger partial charge in [-0.25, -0.2) is 4.79 Å². The number of carbonyl (C=O) groups excluding carboxylic acids is 1. The molecule has 128 valence electrons. The first-order chi connectivity index (χ1) is 11.6. The summed E-state index contributed by atoms with van der Waals surface area (Å²) in [5.41, 5.74) is 1.55. The highest BCUT2D eigenvalue weighted by Gasteiger charge is 2.07. The molecule has 0 atom stereocenters. The van der Waals surface area contributed by atoms with Gasteiger partial charge >= 0.3 is 6.03 Å². The molecule has 6 heteroatoms. The predicted molar refractivity (Wildman–Crippen MR) is 96.1 cm³/mol. The van der Waals surface area contributed by atoms with Crippen LogP contribution in [0.1, 0.15) is 18.9 Å². The van der Waals surface area contributed by atoms with Gasteiger partial charge < -0.3 is 20.1 Å². The van der Waals surface area contributed by atoms with Crippen molar-refractivity contribution in [3.63, 3.8) is 0 Å². The van der Waals surface area contributed by atoms with E-state index in [2.05, 4.69) is 10.6 Å². The third-order valence-corrected chi connectivity index (χ3v) is 3.46. The molecule has 0 unspecified atom stereocenters. The molecule has 0 aliphatic carbocycles. The molecule has 2 aromatic rings. The lowest BCUT2D eigenvalue weighted by molar-refractivity contribution is 0.251. The number of nitrogens with one attached hydrogen (secondary N) is 2. The van der Waals surface area contributed by atoms with Crippen LogP contribution in [0.3, 0.4) is 0 Å². The monoisotopic (exact) mass is 348 g/mol. The molecule has 0 saturated heterocycles. The van der Waals surface area contributed by atoms with Crippen molar-refractivity contribution in [1.29, 1.82) is 0 Å². The number of hydrogen-bond acceptors (Lipinski definition) is 3. The van der Waals surface area contributed by atoms with Crippen LogP contribution in [0.4, 0.5) is 10.5 Å². The van der Waals surface area contributed by atoms with Crippen LogP contribution in [0.15, 0.2) is 42.5 Å². The Balaban J connectivity index is 1.92. The Morgan fingerprint density at radius 1 is 1.17 bits per heavy atom. The molecule has 0 aromatic heterocycles. The minimum absolute atomic E-state index is 0.303. The molecule has 0 heterocycles. The first-order valence-electron chi connectivity index (χ1n) is 7.72. The van der Waals surface area contributed by atoms with Gasteiger partial charge in [0.05, 0.1) is 13.7 Å². The van der Waals surface area contributed by atoms with Crippen LogP contribution >= 0.6 is 11.6 Å². The van der Waals surface area contributed by atoms with Crippen molar-refractivity contribution in [2.24, 2.45) is 0 Å². The van der Waals surface area contributed by atoms with Gasteiger partial charge in [-0.3, -0.25) is 0 Å². The number of anilines is 1. The molecule has 0 saturated carbocycles. The summed E-state index contributed by atoms with van der Waals surface area (Å²) < 4.78 is 10.9. The van der Waals surface area contributed by atoms with Crippen molar-refractivity contribution in [2.75, 3.05) is 19.0 Å². The Labute approximate surface area is 146 Å². The number of hydrogen-bond donors (Lipinski definition) is 2. The van der Waals surface area contributed by atoms with Crippen molar-refractivity contribution >= 4 is 23.3 Å². The van der Waals surface area contributed by atoms with Crippen LogP contribution in [-0.2, 0) is 6.54 Å². The molecular formula is C18H21ClN2O3. The number of amides is 2. The number of methoxy groups -OCH3 is 1. The topological polar surface area (TPSA) is 59.6 Å². The highest BCUT2D eigenvalue weighted by atomic mass is 35.5. The van der Waals surface area contributed by atoms with Crippen molar-refractivity contribution in [1.82, 2.24) is 5.32 Å². The molecule has 0 radical (unpaired) electrons. The summed E-state index contributed by atoms with van der Waals surface area (Å²) in [7, 11) is 1.59. The minimum Gasteiger partial charge on any atom is -0.493 e. The molecule has 0 bridgehead atoms. The third kappa shape index (κ3) is 5.35. The standard InChI is InChI=1S/C18H21ClN2O3/c1-3-9-24-16-8-7-13(10-17(16)23-2)12-20-18(22)21-15-6-4-5-14(19)11-15/h4-8,10-11H,3,9,12H2,1-2H3,(H2,20,21,22). The Morgan fingerprint density at radius 3 is 2.71 bits per heavy atom. The number of benzene rings is 2. The van der Waals surface area contributed by atoms with Crippen molar-refractivity contribution in [2.45, 2.75) is 19.9 Å². The fourth-order valence-electron chi connectivity index (χ4n) is 2.08. The summed E-state index contributed by atoms with van der Waals surface area (Å²) in [5.74, 6) is 1.35. The second-order valence-electron chi connectivity index (χ2n) is 5.15. The zero-order chi connectivity index (χ0) is 17.4. The molecule has 0 aliphatic rings. The van der Waals surface area contributed by atoms with Gasteiger partial charge in [0, 0.05) is 17.3 Å². The molecule has 2 aromatic carbocycles. The Morgan fingerprint density at radius 2 is 2.00 bits per heavy atom. The fourth-order valence-corrected chi connectivity index (χ4v) is 2.27. The zero-order valence-electron chi connectivity index (χ0n) is 13.8. The number of carbonyl (C=O) groups is 1. The summed E-state index contributed by atoms with van der Waals surface area (Å²) >= 11 is 5.89. The summed E-state index contributed by atoms with van der Waals surface area (Å²) in [6.07, 6.45) is 0.927. The first kappa shape index (κ1) is 17.9. The average Bonchev–Trinajstić information content (AvgIpc) is 2.58. The Kier molecular flexibility index (Phi) is 6.75. The van der Waals surface area contributed by atoms with Gasteiger partial charge in [-0.1, -0.05) is 30.7 Å². The van der Waals surface area contributed by atoms with Gasteiger partial charge in [-0.05, 0) is 42.3 Å². The first-order valence-corrected chi connectivity index (χ1v) is 8.10. The third-order valence-electron chi connectivity index (χ3n) is 3.23. The van der Waals surface area contributed by atoms with Crippen LogP contribution in [0.5, 0.6) is 11.5 Å². The fraction of sp³-hybridized carbons (Fsp3) is 0.278. The Bertz CT molecular complexity index is 692. The smallest absolute Gasteiger partial charge is 0.319 e. The SMILES string of the molecule is CCCOc1ccc(CNC(=O)Nc2cccc(Cl)c2)cc1OC. The molecular weight excluding hydrogens is 328 g/mol. The van der Waals surface area contributed by atoms with E-state index in [0.717, 1.165) is 12.0 Å². The maximum atomic E-state index is 11.9. The van der Waals surface area contributed by atoms with Crippen molar-refractivity contribution < 1.29 is 14.3 Å². The van der Waals surface area contributed by atoms with E-state index in [-0.39, 0.29) is 6.03 Å². The van der Waals surface area contributed by atoms with Crippen LogP contribution in [0.2, 0.25) is 5.02 Å². The van der Waals surface area contributed by atoms with E-state index < -0.39 is 0 Å². The van der Waals surface area contributed by atoms with Gasteiger partial charge in [0.25, 0.3) is 0 Å². The lowest BCUT2D eigenvalue weighted by atomic mass is 10.2. The molecule has 2 rings (SSSR count). The lowest BCUT2D eigenvalue weighted by Gasteiger charge is -2.12. The maximum Gasteiger partial charge on any atom is 0.319 e. The van der Waals surface area contributed by atoms with Crippen LogP contribution in [0.25, 0.3) is 0 Å². The molecule has 2 N–H and O–H groups in total. The van der Waals surface area contributed by atoms with E-state index in [1.807, 2.05) is 25.1 Å². The number of rotatable bonds is 7. The molecule has 24 heavy (non-hydrogen) atoms. The highest BCUT2D eigenvalue weighted by molar-refractivity contribution is 6.30. The van der Waals surface area contributed by atoms with Crippen LogP contribution in [-0.4, -0.2) is 19.7 Å². The van der Waals surface area contributed by atoms with Gasteiger partial charge in [0.1, 0.15) is 0 Å². The van der Waals surface area contributed by atoms with Crippen LogP contribution in [0, 0.1) is 0 Å². The van der Waals surface area contributed by atoms with Crippen molar-refractivity contribution in [3.05, 3.63) is 53.1 Å². The molecule has 0 fully saturated rings. The summed E-state index contributed by atoms with van der Waals surface area (Å²) in [5, 5.41) is 6.09. The quantitative estimate of drug-likeness (QED) is 0.776. The predicted octanol–water partition coefficient (Wildman–Crippen LogP) is 4.46. The van der Waals surface area contributed by atoms with Gasteiger partial charge in [0.2, 0.25) is 0 Å². The number of ether oxygens (including phenoxy) is 2. The molecule has 0 aliphatic heterocycles. The normalized spacial score (nSPS) is 10.1. The van der Waals surface area contributed by atoms with Gasteiger partial charge in [-0.2, -0.15) is 0 Å². The van der Waals surface area contributed by atoms with E-state index in [4.69, 9.17) is 21.1 Å². The molecule has 0 spiro atoms. The van der Waals surface area contributed by atoms with Gasteiger partial charge in [-0.15, -0.1) is 0 Å². The highest BCUT2D eigenvalue weighted by Crippen LogP contribution is 2.28. The average molecular weight is 349 g/mol. The second kappa shape index (κ2) is 9.03. The maximum absolute atomic E-state index is 11.9. The van der Waals surface area contributed by atoms with E-state index in [0.29, 0.717) is 35.4 Å². The molecule has 2 amide bonds. The van der Waals surface area contributed by atoms with Gasteiger partial charge in [0.15, 0.2) is 11.5 Å². The zero-order valence-corrected chi connectivity index (χ0v) is 14.5. The Hall–Kier alpha value is -2.40. The molecule has 5 nitrogen and oxygen atoms in total. The number of urea groups is 1. The minimum atomic E-state index is -0.303. The number of halogens is 1. The summed E-state index contributed by atoms with van der Waals surface area (Å²) in [6.45, 7) is 3.05.